The molecule has 20 nitrogen and oxygen atoms in total. The molecule has 3 rings (SSSR count). The van der Waals surface area contributed by atoms with Crippen molar-refractivity contribution in [3.63, 3.8) is 0 Å². The van der Waals surface area contributed by atoms with Crippen LogP contribution in [0.2, 0.25) is 0 Å². The van der Waals surface area contributed by atoms with Gasteiger partial charge in [-0.05, 0) is 81.6 Å². The van der Waals surface area contributed by atoms with E-state index < -0.39 is 113 Å². The fourth-order valence-electron chi connectivity index (χ4n) is 9.32. The molecular weight excluding hydrogens is 973 g/mol. The third kappa shape index (κ3) is 23.5. The summed E-state index contributed by atoms with van der Waals surface area (Å²) in [6.07, 6.45) is 2.90. The fourth-order valence-corrected chi connectivity index (χ4v) is 9.32. The van der Waals surface area contributed by atoms with Gasteiger partial charge in [0.1, 0.15) is 23.9 Å². The van der Waals surface area contributed by atoms with E-state index in [9.17, 15) is 48.3 Å². The summed E-state index contributed by atoms with van der Waals surface area (Å²) in [4.78, 5) is 127. The molecule has 0 radical (unpaired) electrons. The Labute approximate surface area is 448 Å². The molecule has 1 heterocycles. The number of hydrogen-bond acceptors (Lipinski definition) is 14. The lowest BCUT2D eigenvalue weighted by Gasteiger charge is -2.28. The third-order valence-corrected chi connectivity index (χ3v) is 13.7. The van der Waals surface area contributed by atoms with E-state index in [1.165, 1.54) is 0 Å². The highest BCUT2D eigenvalue weighted by Crippen LogP contribution is 2.21. The van der Waals surface area contributed by atoms with Crippen LogP contribution in [0.4, 0.5) is 0 Å². The predicted octanol–water partition coefficient (Wildman–Crippen LogP) is 1.30. The summed E-state index contributed by atoms with van der Waals surface area (Å²) < 4.78 is 0. The van der Waals surface area contributed by atoms with Gasteiger partial charge in [0.05, 0.1) is 24.6 Å². The van der Waals surface area contributed by atoms with Crippen molar-refractivity contribution >= 4 is 52.8 Å². The van der Waals surface area contributed by atoms with E-state index in [2.05, 4.69) is 38.8 Å². The molecule has 76 heavy (non-hydrogen) atoms. The van der Waals surface area contributed by atoms with Crippen LogP contribution in [0.15, 0.2) is 60.7 Å². The van der Waals surface area contributed by atoms with Gasteiger partial charge in [-0.1, -0.05) is 114 Å². The predicted molar refractivity (Wildman–Crippen MR) is 290 cm³/mol. The van der Waals surface area contributed by atoms with Crippen molar-refractivity contribution < 1.29 is 48.3 Å². The molecule has 15 N–H and O–H groups in total. The Morgan fingerprint density at radius 2 is 1.17 bits per heavy atom. The lowest BCUT2D eigenvalue weighted by atomic mass is 9.86. The number of Topliss-reactive ketones (excluding diaryl/α,β-unsaturated/α-hetero) is 3. The third-order valence-electron chi connectivity index (χ3n) is 13.7. The topological polar surface area (TPSA) is 350 Å². The minimum absolute atomic E-state index is 0.00206. The number of benzene rings is 2. The maximum absolute atomic E-state index is 14.5. The summed E-state index contributed by atoms with van der Waals surface area (Å²) in [5, 5.41) is 27.2. The van der Waals surface area contributed by atoms with Crippen molar-refractivity contribution in [3.8, 4) is 0 Å². The van der Waals surface area contributed by atoms with Crippen molar-refractivity contribution in [1.82, 2.24) is 31.9 Å². The number of nitrogens with two attached hydrogens (primary N) is 4. The normalized spacial score (nSPS) is 22.9. The van der Waals surface area contributed by atoms with Gasteiger partial charge in [0.2, 0.25) is 35.4 Å². The van der Waals surface area contributed by atoms with E-state index in [0.29, 0.717) is 12.0 Å². The first-order valence-electron chi connectivity index (χ1n) is 27.4. The quantitative estimate of drug-likeness (QED) is 0.0625. The summed E-state index contributed by atoms with van der Waals surface area (Å²) >= 11 is 0. The van der Waals surface area contributed by atoms with Gasteiger partial charge in [-0.2, -0.15) is 0 Å². The number of amides is 6. The zero-order chi connectivity index (χ0) is 56.0. The van der Waals surface area contributed by atoms with Gasteiger partial charge in [-0.25, -0.2) is 0 Å². The number of rotatable bonds is 25. The highest BCUT2D eigenvalue weighted by molar-refractivity contribution is 5.98. The second kappa shape index (κ2) is 35.4. The molecule has 2 aromatic rings. The maximum Gasteiger partial charge on any atom is 0.243 e. The highest BCUT2D eigenvalue weighted by Gasteiger charge is 2.36. The molecule has 0 aromatic heterocycles. The van der Waals surface area contributed by atoms with Gasteiger partial charge in [-0.15, -0.1) is 0 Å². The summed E-state index contributed by atoms with van der Waals surface area (Å²) in [5.41, 5.74) is 25.4. The minimum atomic E-state index is -1.34. The van der Waals surface area contributed by atoms with Crippen LogP contribution in [-0.4, -0.2) is 127 Å². The van der Waals surface area contributed by atoms with E-state index in [1.54, 1.807) is 60.7 Å². The van der Waals surface area contributed by atoms with Crippen LogP contribution in [0.5, 0.6) is 0 Å². The molecule has 20 heteroatoms. The van der Waals surface area contributed by atoms with Gasteiger partial charge in [0.25, 0.3) is 0 Å². The first-order valence-corrected chi connectivity index (χ1v) is 27.4. The monoisotopic (exact) mass is 1060 g/mol. The molecule has 1 saturated heterocycles. The molecule has 422 valence electrons. The minimum Gasteiger partial charge on any atom is -0.393 e. The summed E-state index contributed by atoms with van der Waals surface area (Å²) in [5.74, 6) is -8.98. The SMILES string of the molecule is CCCCCCC[C@@H](O)CC(=O)N[C@H](CCN)C(=O)C[C@H]1CCNC(=O)[C@H](Cc2ccccc2)CC(=O)[C@H](CN)CC(=O)[C@H](CCN)NC(=O)[C@H](CC(C)C)NC(=O)[C@@H](Cc2ccccc2)NC(=O)[C@H](CCN)NC1=O. The van der Waals surface area contributed by atoms with E-state index in [-0.39, 0.29) is 103 Å². The van der Waals surface area contributed by atoms with Gasteiger partial charge >= 0.3 is 0 Å². The first kappa shape index (κ1) is 64.4. The smallest absolute Gasteiger partial charge is 0.243 e. The van der Waals surface area contributed by atoms with Crippen molar-refractivity contribution in [2.75, 3.05) is 32.7 Å². The second-order valence-corrected chi connectivity index (χ2v) is 20.6. The molecule has 0 aliphatic carbocycles. The average Bonchev–Trinajstić information content (AvgIpc) is 3.38. The first-order chi connectivity index (χ1) is 36.4. The number of aliphatic hydroxyl groups excluding tert-OH is 1. The Balaban J connectivity index is 2.10. The molecule has 6 amide bonds. The number of aliphatic hydroxyl groups is 1. The standard InChI is InChI=1S/C56H88N10O10/c1-4-5-6-7-14-19-42(67)34-51(71)62-43(20-24-57)49(69)31-39-23-27-61-52(72)40(29-37-15-10-8-11-16-37)32-48(68)41(35-60)33-50(70)44(21-25-58)63-55(75)46(28-36(2)3)65-56(76)47(30-38-17-12-9-13-18-38)66-54(74)45(22-26-59)64-53(39)73/h8-13,15-18,36,39-47,67H,4-7,14,19-35,57-60H2,1-3H3,(H,61,72)(H,62,71)(H,63,75)(H,64,73)(H,65,76)(H,66,74)/t39-,40-,41+,42-,43-,44+,45+,46+,47-/m1/s1. The number of carbonyl (C=O) groups excluding carboxylic acids is 9. The molecule has 1 aliphatic heterocycles. The van der Waals surface area contributed by atoms with Crippen molar-refractivity contribution in [2.45, 2.75) is 166 Å². The Hall–Kier alpha value is -5.93. The average molecular weight is 1060 g/mol. The van der Waals surface area contributed by atoms with E-state index in [4.69, 9.17) is 22.9 Å². The molecule has 1 aliphatic rings. The number of hydrogen-bond donors (Lipinski definition) is 11. The number of carbonyl (C=O) groups is 9. The number of nitrogens with one attached hydrogen (secondary N) is 6. The number of ketones is 3. The zero-order valence-electron chi connectivity index (χ0n) is 45.0. The van der Waals surface area contributed by atoms with Crippen LogP contribution in [0.25, 0.3) is 0 Å². The molecule has 0 bridgehead atoms. The van der Waals surface area contributed by atoms with E-state index >= 15 is 0 Å². The molecule has 0 saturated carbocycles. The Bertz CT molecular complexity index is 2150. The summed E-state index contributed by atoms with van der Waals surface area (Å²) in [6, 6.07) is 11.7. The highest BCUT2D eigenvalue weighted by atomic mass is 16.3. The lowest BCUT2D eigenvalue weighted by molar-refractivity contribution is -0.136. The second-order valence-electron chi connectivity index (χ2n) is 20.6. The van der Waals surface area contributed by atoms with E-state index in [0.717, 1.165) is 37.7 Å². The largest absolute Gasteiger partial charge is 0.393 e. The van der Waals surface area contributed by atoms with Gasteiger partial charge in [-0.3, -0.25) is 43.2 Å². The van der Waals surface area contributed by atoms with Crippen LogP contribution >= 0.6 is 0 Å². The Morgan fingerprint density at radius 1 is 0.618 bits per heavy atom. The Morgan fingerprint density at radius 3 is 1.78 bits per heavy atom. The molecular formula is C56H88N10O10. The van der Waals surface area contributed by atoms with Crippen molar-refractivity contribution in [3.05, 3.63) is 71.8 Å². The molecule has 1 fully saturated rings. The van der Waals surface area contributed by atoms with Gasteiger partial charge in [0.15, 0.2) is 11.6 Å². The van der Waals surface area contributed by atoms with Crippen molar-refractivity contribution in [1.29, 1.82) is 0 Å². The maximum atomic E-state index is 14.5. The van der Waals surface area contributed by atoms with Crippen LogP contribution in [0.1, 0.15) is 128 Å². The zero-order valence-corrected chi connectivity index (χ0v) is 45.0. The summed E-state index contributed by atoms with van der Waals surface area (Å²) in [6.45, 7) is 5.28. The molecule has 0 spiro atoms. The number of unbranched alkanes of at least 4 members (excludes halogenated alkanes) is 4. The molecule has 9 atom stereocenters. The molecule has 2 aromatic carbocycles. The van der Waals surface area contributed by atoms with Crippen LogP contribution in [0, 0.1) is 23.7 Å². The van der Waals surface area contributed by atoms with Gasteiger partial charge in [0, 0.05) is 56.5 Å². The molecule has 0 unspecified atom stereocenters. The van der Waals surface area contributed by atoms with Crippen LogP contribution < -0.4 is 54.8 Å². The van der Waals surface area contributed by atoms with Crippen LogP contribution in [0.3, 0.4) is 0 Å². The fraction of sp³-hybridized carbons (Fsp3) is 0.625. The van der Waals surface area contributed by atoms with Gasteiger partial charge < -0.3 is 59.9 Å². The lowest BCUT2D eigenvalue weighted by Crippen LogP contribution is -2.59. The van der Waals surface area contributed by atoms with Crippen molar-refractivity contribution in [2.24, 2.45) is 46.6 Å². The Kier molecular flexibility index (Phi) is 30.0. The van der Waals surface area contributed by atoms with Crippen LogP contribution in [-0.2, 0) is 56.0 Å². The van der Waals surface area contributed by atoms with E-state index in [1.807, 2.05) is 13.8 Å². The summed E-state index contributed by atoms with van der Waals surface area (Å²) in [7, 11) is 0.